The number of primary amides is 1. The van der Waals surface area contributed by atoms with Gasteiger partial charge in [0.2, 0.25) is 23.6 Å². The number of fused-ring (bicyclic) bond motifs is 1. The number of aromatic amines is 1. The molecule has 0 aliphatic rings. The maximum absolute atomic E-state index is 13.3. The highest BCUT2D eigenvalue weighted by molar-refractivity contribution is 7.98. The summed E-state index contributed by atoms with van der Waals surface area (Å²) in [5, 5.41) is 18.4. The van der Waals surface area contributed by atoms with Crippen LogP contribution in [0.5, 0.6) is 0 Å². The molecule has 0 bridgehead atoms. The van der Waals surface area contributed by atoms with Crippen LogP contribution >= 0.6 is 11.8 Å². The molecule has 41 heavy (non-hydrogen) atoms. The van der Waals surface area contributed by atoms with Gasteiger partial charge in [-0.2, -0.15) is 11.8 Å². The summed E-state index contributed by atoms with van der Waals surface area (Å²) >= 11 is 1.52. The van der Waals surface area contributed by atoms with E-state index in [1.807, 2.05) is 30.5 Å². The van der Waals surface area contributed by atoms with E-state index in [9.17, 15) is 29.1 Å². The molecule has 1 aromatic carbocycles. The molecule has 0 saturated heterocycles. The van der Waals surface area contributed by atoms with Crippen molar-refractivity contribution in [3.63, 3.8) is 0 Å². The standard InChI is InChI=1S/C27H41N7O6S/c1-41-13-11-18(29)24(36)32-21(9-10-23(30)35)26(38)33-20(8-4-5-12-28)25(37)34-22(27(39)40)14-16-15-31-19-7-3-2-6-17(16)19/h2-3,6-7,15,18,20-22,31H,4-5,8-14,28-29H2,1H3,(H2,30,35)(H,32,36)(H,33,38)(H,34,37)(H,39,40). The zero-order valence-corrected chi connectivity index (χ0v) is 24.0. The van der Waals surface area contributed by atoms with Gasteiger partial charge in [-0.3, -0.25) is 19.2 Å². The van der Waals surface area contributed by atoms with E-state index >= 15 is 0 Å². The highest BCUT2D eigenvalue weighted by Crippen LogP contribution is 2.19. The lowest BCUT2D eigenvalue weighted by Gasteiger charge is -2.25. The Kier molecular flexibility index (Phi) is 14.1. The molecule has 4 amide bonds. The normalized spacial score (nSPS) is 14.0. The van der Waals surface area contributed by atoms with Gasteiger partial charge in [-0.25, -0.2) is 4.79 Å². The predicted molar refractivity (Wildman–Crippen MR) is 158 cm³/mol. The van der Waals surface area contributed by atoms with E-state index < -0.39 is 53.8 Å². The SMILES string of the molecule is CSCCC(N)C(=O)NC(CCC(N)=O)C(=O)NC(CCCCN)C(=O)NC(Cc1c[nH]c2ccccc12)C(=O)O. The number of carbonyl (C=O) groups excluding carboxylic acids is 4. The first-order chi connectivity index (χ1) is 19.6. The molecule has 0 spiro atoms. The highest BCUT2D eigenvalue weighted by atomic mass is 32.2. The average Bonchev–Trinajstić information content (AvgIpc) is 3.35. The number of amides is 4. The Morgan fingerprint density at radius 1 is 0.927 bits per heavy atom. The summed E-state index contributed by atoms with van der Waals surface area (Å²) in [6.45, 7) is 0.367. The molecule has 2 rings (SSSR count). The van der Waals surface area contributed by atoms with Crippen LogP contribution in [-0.4, -0.2) is 82.4 Å². The number of unbranched alkanes of at least 4 members (excludes halogenated alkanes) is 1. The fraction of sp³-hybridized carbons (Fsp3) is 0.519. The van der Waals surface area contributed by atoms with E-state index in [0.29, 0.717) is 37.1 Å². The van der Waals surface area contributed by atoms with Crippen molar-refractivity contribution in [2.75, 3.05) is 18.6 Å². The monoisotopic (exact) mass is 591 g/mol. The van der Waals surface area contributed by atoms with Gasteiger partial charge >= 0.3 is 5.97 Å². The van der Waals surface area contributed by atoms with Gasteiger partial charge < -0.3 is 43.2 Å². The Morgan fingerprint density at radius 3 is 2.20 bits per heavy atom. The van der Waals surface area contributed by atoms with Crippen LogP contribution in [0.1, 0.15) is 44.1 Å². The van der Waals surface area contributed by atoms with Gasteiger partial charge in [0.25, 0.3) is 0 Å². The molecule has 4 unspecified atom stereocenters. The van der Waals surface area contributed by atoms with Crippen molar-refractivity contribution >= 4 is 52.3 Å². The van der Waals surface area contributed by atoms with Gasteiger partial charge in [0.15, 0.2) is 0 Å². The number of thioether (sulfide) groups is 1. The Balaban J connectivity index is 2.18. The first-order valence-electron chi connectivity index (χ1n) is 13.5. The van der Waals surface area contributed by atoms with Crippen LogP contribution in [0, 0.1) is 0 Å². The summed E-state index contributed by atoms with van der Waals surface area (Å²) in [6.07, 6.45) is 4.91. The van der Waals surface area contributed by atoms with Gasteiger partial charge in [-0.15, -0.1) is 0 Å². The van der Waals surface area contributed by atoms with Gasteiger partial charge in [0.05, 0.1) is 6.04 Å². The van der Waals surface area contributed by atoms with Crippen LogP contribution < -0.4 is 33.2 Å². The number of nitrogens with one attached hydrogen (secondary N) is 4. The van der Waals surface area contributed by atoms with Crippen LogP contribution in [0.25, 0.3) is 10.9 Å². The molecule has 226 valence electrons. The number of para-hydroxylation sites is 1. The zero-order valence-electron chi connectivity index (χ0n) is 23.2. The topological polar surface area (TPSA) is 236 Å². The number of hydrogen-bond acceptors (Lipinski definition) is 8. The summed E-state index contributed by atoms with van der Waals surface area (Å²) in [5.41, 5.74) is 18.3. The third-order valence-electron chi connectivity index (χ3n) is 6.58. The van der Waals surface area contributed by atoms with Crippen molar-refractivity contribution in [2.45, 2.75) is 69.1 Å². The van der Waals surface area contributed by atoms with Gasteiger partial charge in [0.1, 0.15) is 18.1 Å². The molecule has 0 radical (unpaired) electrons. The molecular formula is C27H41N7O6S. The molecule has 0 aliphatic carbocycles. The molecule has 1 aromatic heterocycles. The summed E-state index contributed by atoms with van der Waals surface area (Å²) < 4.78 is 0. The smallest absolute Gasteiger partial charge is 0.326 e. The minimum Gasteiger partial charge on any atom is -0.480 e. The number of rotatable bonds is 19. The second-order valence-corrected chi connectivity index (χ2v) is 10.7. The van der Waals surface area contributed by atoms with Crippen LogP contribution in [0.2, 0.25) is 0 Å². The lowest BCUT2D eigenvalue weighted by Crippen LogP contribution is -2.57. The maximum Gasteiger partial charge on any atom is 0.326 e. The van der Waals surface area contributed by atoms with Crippen molar-refractivity contribution in [1.82, 2.24) is 20.9 Å². The highest BCUT2D eigenvalue weighted by Gasteiger charge is 2.30. The number of carbonyl (C=O) groups is 5. The van der Waals surface area contributed by atoms with Crippen molar-refractivity contribution in [3.8, 4) is 0 Å². The summed E-state index contributed by atoms with van der Waals surface area (Å²) in [4.78, 5) is 65.7. The van der Waals surface area contributed by atoms with Gasteiger partial charge in [-0.05, 0) is 62.3 Å². The zero-order chi connectivity index (χ0) is 30.4. The molecule has 2 aromatic rings. The van der Waals surface area contributed by atoms with Crippen molar-refractivity contribution in [3.05, 3.63) is 36.0 Å². The van der Waals surface area contributed by atoms with Crippen LogP contribution in [0.15, 0.2) is 30.5 Å². The van der Waals surface area contributed by atoms with E-state index in [1.54, 1.807) is 6.20 Å². The van der Waals surface area contributed by atoms with Crippen LogP contribution in [0.3, 0.4) is 0 Å². The minimum atomic E-state index is -1.27. The number of carboxylic acids is 1. The molecule has 11 N–H and O–H groups in total. The number of aromatic nitrogens is 1. The first kappa shape index (κ1) is 33.6. The molecule has 0 saturated carbocycles. The lowest BCUT2D eigenvalue weighted by molar-refractivity contribution is -0.142. The largest absolute Gasteiger partial charge is 0.480 e. The predicted octanol–water partition coefficient (Wildman–Crippen LogP) is -0.276. The lowest BCUT2D eigenvalue weighted by atomic mass is 10.0. The maximum atomic E-state index is 13.3. The van der Waals surface area contributed by atoms with Crippen molar-refractivity contribution in [1.29, 1.82) is 0 Å². The van der Waals surface area contributed by atoms with E-state index in [-0.39, 0.29) is 25.7 Å². The summed E-state index contributed by atoms with van der Waals surface area (Å²) in [5.74, 6) is -3.24. The number of hydrogen-bond donors (Lipinski definition) is 8. The quantitative estimate of drug-likeness (QED) is 0.100. The second-order valence-electron chi connectivity index (χ2n) is 9.76. The molecular weight excluding hydrogens is 550 g/mol. The number of nitrogens with two attached hydrogens (primary N) is 3. The van der Waals surface area contributed by atoms with E-state index in [2.05, 4.69) is 20.9 Å². The Hall–Kier alpha value is -3.62. The minimum absolute atomic E-state index is 0.0137. The van der Waals surface area contributed by atoms with Gasteiger partial charge in [0, 0.05) is 29.9 Å². The molecule has 14 heteroatoms. The fourth-order valence-corrected chi connectivity index (χ4v) is 4.73. The summed E-state index contributed by atoms with van der Waals surface area (Å²) in [7, 11) is 0. The Morgan fingerprint density at radius 2 is 1.56 bits per heavy atom. The number of H-pyrrole nitrogens is 1. The first-order valence-corrected chi connectivity index (χ1v) is 14.9. The second kappa shape index (κ2) is 17.3. The molecule has 1 heterocycles. The Labute approximate surface area is 243 Å². The third-order valence-corrected chi connectivity index (χ3v) is 7.22. The van der Waals surface area contributed by atoms with Gasteiger partial charge in [-0.1, -0.05) is 18.2 Å². The molecule has 0 fully saturated rings. The molecule has 4 atom stereocenters. The average molecular weight is 592 g/mol. The molecule has 13 nitrogen and oxygen atoms in total. The Bertz CT molecular complexity index is 1190. The number of carboxylic acid groups (broad SMARTS) is 1. The summed E-state index contributed by atoms with van der Waals surface area (Å²) in [6, 6.07) is 2.97. The van der Waals surface area contributed by atoms with E-state index in [1.165, 1.54) is 11.8 Å². The van der Waals surface area contributed by atoms with E-state index in [4.69, 9.17) is 17.2 Å². The third kappa shape index (κ3) is 11.1. The number of aliphatic carboxylic acids is 1. The van der Waals surface area contributed by atoms with Crippen molar-refractivity contribution < 1.29 is 29.1 Å². The van der Waals surface area contributed by atoms with Crippen molar-refractivity contribution in [2.24, 2.45) is 17.2 Å². The fourth-order valence-electron chi connectivity index (χ4n) is 4.24. The number of benzene rings is 1. The van der Waals surface area contributed by atoms with E-state index in [0.717, 1.165) is 10.9 Å². The van der Waals surface area contributed by atoms with Crippen LogP contribution in [0.4, 0.5) is 0 Å². The molecule has 0 aliphatic heterocycles. The van der Waals surface area contributed by atoms with Crippen LogP contribution in [-0.2, 0) is 30.4 Å².